The molecule has 3 rings (SSSR count). The van der Waals surface area contributed by atoms with E-state index in [9.17, 15) is 14.3 Å². The van der Waals surface area contributed by atoms with Crippen LogP contribution in [0.4, 0.5) is 4.39 Å². The molecule has 0 saturated carbocycles. The molecule has 150 valence electrons. The van der Waals surface area contributed by atoms with Crippen LogP contribution in [0.2, 0.25) is 0 Å². The Bertz CT molecular complexity index is 1060. The van der Waals surface area contributed by atoms with Crippen LogP contribution < -0.4 is 10.2 Å². The van der Waals surface area contributed by atoms with Crippen molar-refractivity contribution in [2.45, 2.75) is 20.8 Å². The third kappa shape index (κ3) is 4.45. The summed E-state index contributed by atoms with van der Waals surface area (Å²) in [5.74, 6) is -0.274. The molecule has 7 heteroatoms. The highest BCUT2D eigenvalue weighted by atomic mass is 19.1. The van der Waals surface area contributed by atoms with E-state index in [0.717, 1.165) is 17.1 Å². The largest absolute Gasteiger partial charge is 0.504 e. The second-order valence-electron chi connectivity index (χ2n) is 6.46. The van der Waals surface area contributed by atoms with Crippen molar-refractivity contribution in [3.8, 4) is 17.2 Å². The summed E-state index contributed by atoms with van der Waals surface area (Å²) in [4.78, 5) is 12.6. The second kappa shape index (κ2) is 8.60. The van der Waals surface area contributed by atoms with Crippen molar-refractivity contribution in [2.24, 2.45) is 5.10 Å². The number of halogens is 1. The summed E-state index contributed by atoms with van der Waals surface area (Å²) in [6, 6.07) is 12.6. The highest BCUT2D eigenvalue weighted by molar-refractivity contribution is 5.96. The summed E-state index contributed by atoms with van der Waals surface area (Å²) in [5.41, 5.74) is 6.01. The molecule has 0 radical (unpaired) electrons. The van der Waals surface area contributed by atoms with Crippen LogP contribution in [0.5, 0.6) is 11.5 Å². The standard InChI is InChI=1S/C22H22FN3O3/c1-4-29-21-12-16(5-10-20(21)27)13-24-25-22(28)19-11-14(2)26(15(19)3)18-8-6-17(23)7-9-18/h5-13,27H,4H2,1-3H3,(H,25,28). The van der Waals surface area contributed by atoms with Crippen LogP contribution in [0.15, 0.2) is 53.6 Å². The van der Waals surface area contributed by atoms with Crippen molar-refractivity contribution < 1.29 is 19.0 Å². The minimum absolute atomic E-state index is 0.0428. The summed E-state index contributed by atoms with van der Waals surface area (Å²) >= 11 is 0. The number of hydrogen-bond acceptors (Lipinski definition) is 4. The van der Waals surface area contributed by atoms with Gasteiger partial charge in [0.2, 0.25) is 0 Å². The lowest BCUT2D eigenvalue weighted by molar-refractivity contribution is 0.0954. The van der Waals surface area contributed by atoms with Gasteiger partial charge < -0.3 is 14.4 Å². The molecule has 0 unspecified atom stereocenters. The average Bonchev–Trinajstić information content (AvgIpc) is 2.99. The van der Waals surface area contributed by atoms with E-state index >= 15 is 0 Å². The Morgan fingerprint density at radius 1 is 1.21 bits per heavy atom. The normalized spacial score (nSPS) is 11.0. The van der Waals surface area contributed by atoms with Crippen molar-refractivity contribution >= 4 is 12.1 Å². The lowest BCUT2D eigenvalue weighted by Crippen LogP contribution is -2.18. The number of aromatic nitrogens is 1. The summed E-state index contributed by atoms with van der Waals surface area (Å²) in [6.07, 6.45) is 1.47. The number of benzene rings is 2. The van der Waals surface area contributed by atoms with E-state index in [2.05, 4.69) is 10.5 Å². The molecule has 2 aromatic carbocycles. The molecular formula is C22H22FN3O3. The van der Waals surface area contributed by atoms with Crippen LogP contribution in [0.3, 0.4) is 0 Å². The van der Waals surface area contributed by atoms with Gasteiger partial charge in [0.05, 0.1) is 18.4 Å². The zero-order valence-corrected chi connectivity index (χ0v) is 16.4. The fraction of sp³-hybridized carbons (Fsp3) is 0.182. The van der Waals surface area contributed by atoms with Gasteiger partial charge in [-0.25, -0.2) is 9.82 Å². The summed E-state index contributed by atoms with van der Waals surface area (Å²) in [5, 5.41) is 13.7. The van der Waals surface area contributed by atoms with Crippen molar-refractivity contribution in [3.05, 3.63) is 76.9 Å². The molecule has 1 aromatic heterocycles. The number of aryl methyl sites for hydroxylation is 1. The van der Waals surface area contributed by atoms with Gasteiger partial charge in [-0.2, -0.15) is 5.10 Å². The van der Waals surface area contributed by atoms with Gasteiger partial charge in [0.1, 0.15) is 5.82 Å². The van der Waals surface area contributed by atoms with Gasteiger partial charge in [0.15, 0.2) is 11.5 Å². The Morgan fingerprint density at radius 2 is 1.93 bits per heavy atom. The van der Waals surface area contributed by atoms with Crippen LogP contribution in [-0.4, -0.2) is 28.4 Å². The molecule has 2 N–H and O–H groups in total. The Labute approximate surface area is 168 Å². The number of aromatic hydroxyl groups is 1. The van der Waals surface area contributed by atoms with Crippen molar-refractivity contribution in [1.29, 1.82) is 0 Å². The molecule has 29 heavy (non-hydrogen) atoms. The SMILES string of the molecule is CCOc1cc(C=NNC(=O)c2cc(C)n(-c3ccc(F)cc3)c2C)ccc1O. The lowest BCUT2D eigenvalue weighted by Gasteiger charge is -2.09. The molecule has 0 aliphatic heterocycles. The predicted molar refractivity (Wildman–Crippen MR) is 110 cm³/mol. The zero-order chi connectivity index (χ0) is 21.0. The maximum absolute atomic E-state index is 13.2. The summed E-state index contributed by atoms with van der Waals surface area (Å²) in [7, 11) is 0. The number of carbonyl (C=O) groups is 1. The van der Waals surface area contributed by atoms with E-state index in [-0.39, 0.29) is 17.5 Å². The summed E-state index contributed by atoms with van der Waals surface area (Å²) < 4.78 is 20.4. The number of phenols is 1. The highest BCUT2D eigenvalue weighted by Gasteiger charge is 2.16. The number of ether oxygens (including phenoxy) is 1. The first-order valence-electron chi connectivity index (χ1n) is 9.14. The highest BCUT2D eigenvalue weighted by Crippen LogP contribution is 2.26. The minimum Gasteiger partial charge on any atom is -0.504 e. The number of nitrogens with zero attached hydrogens (tertiary/aromatic N) is 2. The van der Waals surface area contributed by atoms with Crippen LogP contribution in [0, 0.1) is 19.7 Å². The first kappa shape index (κ1) is 20.1. The molecule has 6 nitrogen and oxygen atoms in total. The number of hydrazone groups is 1. The van der Waals surface area contributed by atoms with Crippen LogP contribution in [-0.2, 0) is 0 Å². The van der Waals surface area contributed by atoms with Gasteiger partial charge >= 0.3 is 0 Å². The Kier molecular flexibility index (Phi) is 5.97. The molecule has 0 spiro atoms. The number of amides is 1. The number of nitrogens with one attached hydrogen (secondary N) is 1. The predicted octanol–water partition coefficient (Wildman–Crippen LogP) is 4.10. The molecule has 1 amide bonds. The van der Waals surface area contributed by atoms with E-state index < -0.39 is 0 Å². The minimum atomic E-state index is -0.355. The van der Waals surface area contributed by atoms with E-state index in [4.69, 9.17) is 4.74 Å². The van der Waals surface area contributed by atoms with Gasteiger partial charge in [-0.1, -0.05) is 0 Å². The Morgan fingerprint density at radius 3 is 2.62 bits per heavy atom. The third-order valence-electron chi connectivity index (χ3n) is 4.42. The van der Waals surface area contributed by atoms with Gasteiger partial charge in [-0.15, -0.1) is 0 Å². The van der Waals surface area contributed by atoms with Crippen molar-refractivity contribution in [1.82, 2.24) is 9.99 Å². The number of phenolic OH excluding ortho intramolecular Hbond substituents is 1. The molecular weight excluding hydrogens is 373 g/mol. The molecule has 0 fully saturated rings. The quantitative estimate of drug-likeness (QED) is 0.487. The van der Waals surface area contributed by atoms with E-state index in [0.29, 0.717) is 23.5 Å². The smallest absolute Gasteiger partial charge is 0.273 e. The van der Waals surface area contributed by atoms with Gasteiger partial charge in [-0.3, -0.25) is 4.79 Å². The van der Waals surface area contributed by atoms with E-state index in [1.807, 2.05) is 25.3 Å². The number of rotatable bonds is 6. The lowest BCUT2D eigenvalue weighted by atomic mass is 10.2. The Balaban J connectivity index is 1.76. The van der Waals surface area contributed by atoms with Crippen LogP contribution in [0.25, 0.3) is 5.69 Å². The second-order valence-corrected chi connectivity index (χ2v) is 6.46. The van der Waals surface area contributed by atoms with E-state index in [1.54, 1.807) is 30.3 Å². The van der Waals surface area contributed by atoms with Gasteiger partial charge in [0.25, 0.3) is 5.91 Å². The van der Waals surface area contributed by atoms with Gasteiger partial charge in [-0.05, 0) is 74.9 Å². The fourth-order valence-corrected chi connectivity index (χ4v) is 3.09. The Hall–Kier alpha value is -3.61. The number of carbonyl (C=O) groups excluding carboxylic acids is 1. The molecule has 0 atom stereocenters. The van der Waals surface area contributed by atoms with Crippen LogP contribution >= 0.6 is 0 Å². The third-order valence-corrected chi connectivity index (χ3v) is 4.42. The fourth-order valence-electron chi connectivity index (χ4n) is 3.09. The molecule has 1 heterocycles. The average molecular weight is 395 g/mol. The molecule has 0 aliphatic rings. The first-order chi connectivity index (χ1) is 13.9. The summed E-state index contributed by atoms with van der Waals surface area (Å²) in [6.45, 7) is 5.95. The monoisotopic (exact) mass is 395 g/mol. The first-order valence-corrected chi connectivity index (χ1v) is 9.14. The molecule has 0 aliphatic carbocycles. The maximum atomic E-state index is 13.2. The van der Waals surface area contributed by atoms with Crippen molar-refractivity contribution in [2.75, 3.05) is 6.61 Å². The molecule has 0 saturated heterocycles. The van der Waals surface area contributed by atoms with Crippen LogP contribution in [0.1, 0.15) is 34.2 Å². The maximum Gasteiger partial charge on any atom is 0.273 e. The van der Waals surface area contributed by atoms with Crippen molar-refractivity contribution in [3.63, 3.8) is 0 Å². The molecule has 0 bridgehead atoms. The molecule has 3 aromatic rings. The zero-order valence-electron chi connectivity index (χ0n) is 16.4. The topological polar surface area (TPSA) is 75.8 Å². The van der Waals surface area contributed by atoms with Gasteiger partial charge in [0, 0.05) is 17.1 Å². The van der Waals surface area contributed by atoms with E-state index in [1.165, 1.54) is 24.4 Å². The number of hydrogen-bond donors (Lipinski definition) is 2.